The Kier molecular flexibility index (Phi) is 11.9. The summed E-state index contributed by atoms with van der Waals surface area (Å²) in [6.07, 6.45) is -1.10. The Morgan fingerprint density at radius 2 is 1.80 bits per heavy atom. The molecule has 46 heavy (non-hydrogen) atoms. The zero-order valence-electron chi connectivity index (χ0n) is 27.0. The summed E-state index contributed by atoms with van der Waals surface area (Å²) < 4.78 is 42.4. The Balaban J connectivity index is 1.57. The van der Waals surface area contributed by atoms with Gasteiger partial charge in [0.15, 0.2) is 0 Å². The number of nitrogens with zero attached hydrogens (tertiary/aromatic N) is 4. The number of carbonyl (C=O) groups excluding carboxylic acids is 2. The van der Waals surface area contributed by atoms with Crippen LogP contribution >= 0.6 is 11.3 Å². The Hall–Kier alpha value is -3.39. The molecule has 250 valence electrons. The fraction of sp³-hybridized carbons (Fsp3) is 0.485. The van der Waals surface area contributed by atoms with E-state index in [1.165, 1.54) is 29.5 Å². The van der Waals surface area contributed by atoms with Crippen molar-refractivity contribution in [1.29, 1.82) is 0 Å². The van der Waals surface area contributed by atoms with Gasteiger partial charge in [-0.05, 0) is 48.9 Å². The molecule has 1 aliphatic rings. The molecule has 0 aliphatic carbocycles. The van der Waals surface area contributed by atoms with Gasteiger partial charge in [-0.15, -0.1) is 11.3 Å². The van der Waals surface area contributed by atoms with Crippen LogP contribution in [0.5, 0.6) is 0 Å². The van der Waals surface area contributed by atoms with Gasteiger partial charge in [0, 0.05) is 31.6 Å². The third kappa shape index (κ3) is 8.90. The van der Waals surface area contributed by atoms with Gasteiger partial charge in [-0.3, -0.25) is 4.79 Å². The molecule has 2 aromatic carbocycles. The number of urea groups is 1. The number of aliphatic hydroxyl groups excluding tert-OH is 1. The smallest absolute Gasteiger partial charge is 0.321 e. The van der Waals surface area contributed by atoms with Gasteiger partial charge in [0.25, 0.3) is 0 Å². The highest BCUT2D eigenvalue weighted by Gasteiger charge is 2.40. The maximum absolute atomic E-state index is 14.0. The molecule has 3 aromatic rings. The van der Waals surface area contributed by atoms with Crippen molar-refractivity contribution in [1.82, 2.24) is 24.4 Å². The Morgan fingerprint density at radius 3 is 2.41 bits per heavy atom. The number of hydrogen-bond acceptors (Lipinski definition) is 7. The zero-order valence-corrected chi connectivity index (χ0v) is 28.6. The summed E-state index contributed by atoms with van der Waals surface area (Å²) in [6, 6.07) is 12.1. The fourth-order valence-corrected chi connectivity index (χ4v) is 7.95. The van der Waals surface area contributed by atoms with Crippen molar-refractivity contribution in [2.75, 3.05) is 26.2 Å². The standard InChI is InChI=1S/C33H44FN5O5S2/c1-22(2)18-38(46(43,44)28-13-9-12-26(34)17-28)20-30(40)29(16-25-10-7-6-8-11-25)36-32(41)31(23(3)4)39-15-14-37(33(39)42)19-27-21-45-24(5)35-27/h6-13,17,21-23,29-31,40H,14-16,18-20H2,1-5H3,(H,36,41)/t29-,30+,31-/m0/s1. The first-order valence-electron chi connectivity index (χ1n) is 15.5. The molecule has 0 bridgehead atoms. The van der Waals surface area contributed by atoms with Crippen molar-refractivity contribution in [3.63, 3.8) is 0 Å². The van der Waals surface area contributed by atoms with Gasteiger partial charge in [-0.1, -0.05) is 64.1 Å². The lowest BCUT2D eigenvalue weighted by atomic mass is 9.97. The van der Waals surface area contributed by atoms with E-state index in [9.17, 15) is 27.5 Å². The fourth-order valence-electron chi connectivity index (χ4n) is 5.70. The van der Waals surface area contributed by atoms with Crippen LogP contribution in [-0.4, -0.2) is 88.9 Å². The van der Waals surface area contributed by atoms with Crippen molar-refractivity contribution in [2.45, 2.75) is 70.7 Å². The minimum Gasteiger partial charge on any atom is -0.390 e. The van der Waals surface area contributed by atoms with E-state index in [-0.39, 0.29) is 42.3 Å². The Morgan fingerprint density at radius 1 is 1.09 bits per heavy atom. The largest absolute Gasteiger partial charge is 0.390 e. The highest BCUT2D eigenvalue weighted by atomic mass is 32.2. The molecule has 4 rings (SSSR count). The van der Waals surface area contributed by atoms with Crippen LogP contribution in [0.4, 0.5) is 9.18 Å². The van der Waals surface area contributed by atoms with Crippen LogP contribution in [0.3, 0.4) is 0 Å². The second kappa shape index (κ2) is 15.5. The van der Waals surface area contributed by atoms with Gasteiger partial charge in [-0.25, -0.2) is 22.6 Å². The molecule has 0 radical (unpaired) electrons. The van der Waals surface area contributed by atoms with E-state index >= 15 is 0 Å². The van der Waals surface area contributed by atoms with Crippen molar-refractivity contribution in [3.8, 4) is 0 Å². The number of rotatable bonds is 15. The lowest BCUT2D eigenvalue weighted by Crippen LogP contribution is -2.57. The van der Waals surface area contributed by atoms with Crippen molar-refractivity contribution in [2.24, 2.45) is 11.8 Å². The minimum atomic E-state index is -4.17. The third-order valence-electron chi connectivity index (χ3n) is 7.87. The topological polar surface area (TPSA) is 123 Å². The number of halogens is 1. The van der Waals surface area contributed by atoms with Gasteiger partial charge in [0.05, 0.1) is 34.3 Å². The summed E-state index contributed by atoms with van der Waals surface area (Å²) in [5.41, 5.74) is 1.63. The molecule has 3 atom stereocenters. The number of benzene rings is 2. The monoisotopic (exact) mass is 673 g/mol. The average Bonchev–Trinajstić information content (AvgIpc) is 3.57. The first-order chi connectivity index (χ1) is 21.8. The average molecular weight is 674 g/mol. The highest BCUT2D eigenvalue weighted by molar-refractivity contribution is 7.89. The van der Waals surface area contributed by atoms with E-state index in [0.29, 0.717) is 19.6 Å². The quantitative estimate of drug-likeness (QED) is 0.248. The highest BCUT2D eigenvalue weighted by Crippen LogP contribution is 2.23. The van der Waals surface area contributed by atoms with Crippen LogP contribution in [-0.2, 0) is 27.8 Å². The van der Waals surface area contributed by atoms with Gasteiger partial charge in [0.1, 0.15) is 11.9 Å². The van der Waals surface area contributed by atoms with Gasteiger partial charge >= 0.3 is 6.03 Å². The molecule has 0 spiro atoms. The summed E-state index contributed by atoms with van der Waals surface area (Å²) in [5.74, 6) is -1.46. The first-order valence-corrected chi connectivity index (χ1v) is 17.8. The number of aryl methyl sites for hydroxylation is 1. The van der Waals surface area contributed by atoms with Crippen LogP contribution < -0.4 is 5.32 Å². The third-order valence-corrected chi connectivity index (χ3v) is 10.5. The molecule has 1 saturated heterocycles. The van der Waals surface area contributed by atoms with Gasteiger partial charge in [0.2, 0.25) is 15.9 Å². The molecular formula is C33H44FN5O5S2. The van der Waals surface area contributed by atoms with Crippen LogP contribution in [0.1, 0.15) is 44.0 Å². The number of nitrogens with one attached hydrogen (secondary N) is 1. The first kappa shape index (κ1) is 35.5. The lowest BCUT2D eigenvalue weighted by molar-refractivity contribution is -0.128. The summed E-state index contributed by atoms with van der Waals surface area (Å²) in [4.78, 5) is 35.0. The van der Waals surface area contributed by atoms with Crippen LogP contribution in [0, 0.1) is 24.6 Å². The molecule has 13 heteroatoms. The van der Waals surface area contributed by atoms with E-state index < -0.39 is 39.9 Å². The SMILES string of the molecule is Cc1nc(CN2CCN([C@H](C(=O)N[C@@H](Cc3ccccc3)[C@H](O)CN(CC(C)C)S(=O)(=O)c3cccc(F)c3)C(C)C)C2=O)cs1. The van der Waals surface area contributed by atoms with E-state index in [4.69, 9.17) is 0 Å². The molecule has 0 unspecified atom stereocenters. The van der Waals surface area contributed by atoms with E-state index in [0.717, 1.165) is 26.6 Å². The Bertz CT molecular complexity index is 1580. The minimum absolute atomic E-state index is 0.0765. The molecule has 1 fully saturated rings. The molecule has 0 saturated carbocycles. The number of hydrogen-bond donors (Lipinski definition) is 2. The molecule has 1 aromatic heterocycles. The Labute approximate surface area is 275 Å². The van der Waals surface area contributed by atoms with Crippen molar-refractivity contribution < 1.29 is 27.5 Å². The van der Waals surface area contributed by atoms with Crippen molar-refractivity contribution in [3.05, 3.63) is 82.1 Å². The maximum Gasteiger partial charge on any atom is 0.321 e. The summed E-state index contributed by atoms with van der Waals surface area (Å²) in [6.45, 7) is 10.2. The summed E-state index contributed by atoms with van der Waals surface area (Å²) >= 11 is 1.52. The number of amides is 3. The molecule has 2 N–H and O–H groups in total. The maximum atomic E-state index is 14.0. The van der Waals surface area contributed by atoms with Crippen LogP contribution in [0.25, 0.3) is 0 Å². The van der Waals surface area contributed by atoms with Crippen LogP contribution in [0.2, 0.25) is 0 Å². The molecule has 1 aliphatic heterocycles. The number of thiazole rings is 1. The zero-order chi connectivity index (χ0) is 33.6. The van der Waals surface area contributed by atoms with E-state index in [1.807, 2.05) is 70.3 Å². The molecule has 10 nitrogen and oxygen atoms in total. The second-order valence-corrected chi connectivity index (χ2v) is 15.5. The van der Waals surface area contributed by atoms with Gasteiger partial charge < -0.3 is 20.2 Å². The van der Waals surface area contributed by atoms with Crippen molar-refractivity contribution >= 4 is 33.3 Å². The van der Waals surface area contributed by atoms with E-state index in [2.05, 4.69) is 10.3 Å². The molecule has 3 amide bonds. The molecular weight excluding hydrogens is 630 g/mol. The number of sulfonamides is 1. The normalized spacial score (nSPS) is 16.0. The summed E-state index contributed by atoms with van der Waals surface area (Å²) in [5, 5.41) is 17.4. The number of aliphatic hydroxyl groups is 1. The summed E-state index contributed by atoms with van der Waals surface area (Å²) in [7, 11) is -4.17. The second-order valence-electron chi connectivity index (χ2n) is 12.5. The van der Waals surface area contributed by atoms with E-state index in [1.54, 1.807) is 9.80 Å². The van der Waals surface area contributed by atoms with Gasteiger partial charge in [-0.2, -0.15) is 4.31 Å². The number of carbonyl (C=O) groups is 2. The lowest BCUT2D eigenvalue weighted by Gasteiger charge is -2.34. The molecule has 2 heterocycles. The van der Waals surface area contributed by atoms with Crippen LogP contribution in [0.15, 0.2) is 64.9 Å². The predicted octanol–water partition coefficient (Wildman–Crippen LogP) is 4.29. The number of aromatic nitrogens is 1. The predicted molar refractivity (Wildman–Crippen MR) is 176 cm³/mol.